The molecule has 29 heavy (non-hydrogen) atoms. The predicted molar refractivity (Wildman–Crippen MR) is 117 cm³/mol. The van der Waals surface area contributed by atoms with Crippen molar-refractivity contribution in [2.75, 3.05) is 23.3 Å². The summed E-state index contributed by atoms with van der Waals surface area (Å²) in [6.45, 7) is 0.960. The molecule has 2 heterocycles. The van der Waals surface area contributed by atoms with Crippen molar-refractivity contribution in [3.8, 4) is 0 Å². The SMILES string of the molecule is O=C(CN[C@@H](c1ccccc1)c1cccs1)Nc1ccc(N2CCCC2=O)cc1. The molecule has 1 fully saturated rings. The van der Waals surface area contributed by atoms with E-state index in [2.05, 4.69) is 28.8 Å². The van der Waals surface area contributed by atoms with Crippen LogP contribution in [0.3, 0.4) is 0 Å². The monoisotopic (exact) mass is 405 g/mol. The Labute approximate surface area is 174 Å². The summed E-state index contributed by atoms with van der Waals surface area (Å²) in [7, 11) is 0. The van der Waals surface area contributed by atoms with Crippen LogP contribution < -0.4 is 15.5 Å². The number of hydrogen-bond donors (Lipinski definition) is 2. The molecule has 1 aliphatic rings. The number of benzene rings is 2. The van der Waals surface area contributed by atoms with Gasteiger partial charge in [-0.2, -0.15) is 0 Å². The van der Waals surface area contributed by atoms with E-state index < -0.39 is 0 Å². The van der Waals surface area contributed by atoms with Crippen LogP contribution in [0.2, 0.25) is 0 Å². The van der Waals surface area contributed by atoms with Gasteiger partial charge in [-0.3, -0.25) is 14.9 Å². The topological polar surface area (TPSA) is 61.4 Å². The molecule has 0 unspecified atom stereocenters. The maximum absolute atomic E-state index is 12.5. The number of nitrogens with one attached hydrogen (secondary N) is 2. The minimum absolute atomic E-state index is 0.0227. The van der Waals surface area contributed by atoms with Crippen molar-refractivity contribution in [3.05, 3.63) is 82.6 Å². The number of amides is 2. The van der Waals surface area contributed by atoms with Gasteiger partial charge in [-0.1, -0.05) is 36.4 Å². The highest BCUT2D eigenvalue weighted by Crippen LogP contribution is 2.26. The second-order valence-electron chi connectivity index (χ2n) is 6.98. The number of carbonyl (C=O) groups excluding carboxylic acids is 2. The average Bonchev–Trinajstić information content (AvgIpc) is 3.42. The first kappa shape index (κ1) is 19.4. The fourth-order valence-corrected chi connectivity index (χ4v) is 4.36. The summed E-state index contributed by atoms with van der Waals surface area (Å²) < 4.78 is 0. The molecule has 5 nitrogen and oxygen atoms in total. The maximum Gasteiger partial charge on any atom is 0.238 e. The Bertz CT molecular complexity index is 956. The van der Waals surface area contributed by atoms with Crippen molar-refractivity contribution in [1.82, 2.24) is 5.32 Å². The van der Waals surface area contributed by atoms with E-state index in [1.807, 2.05) is 53.9 Å². The molecule has 0 bridgehead atoms. The number of nitrogens with zero attached hydrogens (tertiary/aromatic N) is 1. The Morgan fingerprint density at radius 3 is 2.48 bits per heavy atom. The van der Waals surface area contributed by atoms with E-state index in [0.717, 1.165) is 29.9 Å². The van der Waals surface area contributed by atoms with Crippen molar-refractivity contribution in [3.63, 3.8) is 0 Å². The van der Waals surface area contributed by atoms with Gasteiger partial charge in [-0.05, 0) is 47.7 Å². The zero-order valence-electron chi connectivity index (χ0n) is 16.0. The lowest BCUT2D eigenvalue weighted by atomic mass is 10.1. The smallest absolute Gasteiger partial charge is 0.238 e. The van der Waals surface area contributed by atoms with Crippen LogP contribution in [0.5, 0.6) is 0 Å². The minimum Gasteiger partial charge on any atom is -0.325 e. The quantitative estimate of drug-likeness (QED) is 0.620. The van der Waals surface area contributed by atoms with Crippen LogP contribution >= 0.6 is 11.3 Å². The van der Waals surface area contributed by atoms with Gasteiger partial charge in [0.15, 0.2) is 0 Å². The van der Waals surface area contributed by atoms with Gasteiger partial charge in [0, 0.05) is 29.2 Å². The maximum atomic E-state index is 12.5. The zero-order valence-corrected chi connectivity index (χ0v) is 16.8. The fraction of sp³-hybridized carbons (Fsp3) is 0.217. The van der Waals surface area contributed by atoms with E-state index in [1.54, 1.807) is 16.2 Å². The molecule has 148 valence electrons. The first-order valence-corrected chi connectivity index (χ1v) is 10.6. The van der Waals surface area contributed by atoms with Crippen molar-refractivity contribution in [1.29, 1.82) is 0 Å². The third-order valence-electron chi connectivity index (χ3n) is 4.96. The standard InChI is InChI=1S/C23H23N3O2S/c27-21(25-18-10-12-19(13-11-18)26-14-4-9-22(26)28)16-24-23(20-8-5-15-29-20)17-6-2-1-3-7-17/h1-3,5-8,10-13,15,23-24H,4,9,14,16H2,(H,25,27)/t23-/m0/s1. The van der Waals surface area contributed by atoms with Gasteiger partial charge in [0.1, 0.15) is 0 Å². The Balaban J connectivity index is 1.37. The largest absolute Gasteiger partial charge is 0.325 e. The fourth-order valence-electron chi connectivity index (χ4n) is 3.53. The van der Waals surface area contributed by atoms with Crippen LogP contribution in [0.1, 0.15) is 29.3 Å². The van der Waals surface area contributed by atoms with Gasteiger partial charge >= 0.3 is 0 Å². The lowest BCUT2D eigenvalue weighted by molar-refractivity contribution is -0.117. The van der Waals surface area contributed by atoms with Crippen LogP contribution in [0.4, 0.5) is 11.4 Å². The summed E-state index contributed by atoms with van der Waals surface area (Å²) >= 11 is 1.67. The highest BCUT2D eigenvalue weighted by molar-refractivity contribution is 7.10. The molecule has 1 aliphatic heterocycles. The number of thiophene rings is 1. The molecular weight excluding hydrogens is 382 g/mol. The Morgan fingerprint density at radius 1 is 1.03 bits per heavy atom. The zero-order chi connectivity index (χ0) is 20.1. The van der Waals surface area contributed by atoms with E-state index in [-0.39, 0.29) is 24.4 Å². The van der Waals surface area contributed by atoms with Crippen LogP contribution in [0.15, 0.2) is 72.1 Å². The molecule has 0 aliphatic carbocycles. The molecule has 0 saturated carbocycles. The molecular formula is C23H23N3O2S. The summed E-state index contributed by atoms with van der Waals surface area (Å²) in [5.41, 5.74) is 2.73. The van der Waals surface area contributed by atoms with Crippen molar-refractivity contribution >= 4 is 34.5 Å². The molecule has 1 aromatic heterocycles. The van der Waals surface area contributed by atoms with Gasteiger partial charge in [0.05, 0.1) is 12.6 Å². The van der Waals surface area contributed by atoms with Crippen LogP contribution in [0.25, 0.3) is 0 Å². The second kappa shape index (κ2) is 9.03. The second-order valence-corrected chi connectivity index (χ2v) is 7.96. The average molecular weight is 406 g/mol. The molecule has 2 amide bonds. The van der Waals surface area contributed by atoms with E-state index in [0.29, 0.717) is 6.42 Å². The molecule has 1 atom stereocenters. The normalized spacial score (nSPS) is 14.8. The van der Waals surface area contributed by atoms with Gasteiger partial charge in [0.2, 0.25) is 11.8 Å². The molecule has 0 spiro atoms. The summed E-state index contributed by atoms with van der Waals surface area (Å²) in [5, 5.41) is 8.33. The van der Waals surface area contributed by atoms with Crippen LogP contribution in [-0.2, 0) is 9.59 Å². The molecule has 2 aromatic carbocycles. The van der Waals surface area contributed by atoms with Gasteiger partial charge in [0.25, 0.3) is 0 Å². The lowest BCUT2D eigenvalue weighted by Gasteiger charge is -2.18. The van der Waals surface area contributed by atoms with Crippen LogP contribution in [-0.4, -0.2) is 24.9 Å². The number of carbonyl (C=O) groups is 2. The van der Waals surface area contributed by atoms with E-state index >= 15 is 0 Å². The van der Waals surface area contributed by atoms with Crippen molar-refractivity contribution in [2.45, 2.75) is 18.9 Å². The number of hydrogen-bond acceptors (Lipinski definition) is 4. The van der Waals surface area contributed by atoms with Crippen molar-refractivity contribution in [2.24, 2.45) is 0 Å². The van der Waals surface area contributed by atoms with Crippen molar-refractivity contribution < 1.29 is 9.59 Å². The first-order chi connectivity index (χ1) is 14.2. The Hall–Kier alpha value is -2.96. The molecule has 3 aromatic rings. The van der Waals surface area contributed by atoms with E-state index in [1.165, 1.54) is 4.88 Å². The highest BCUT2D eigenvalue weighted by atomic mass is 32.1. The minimum atomic E-state index is -0.104. The van der Waals surface area contributed by atoms with E-state index in [9.17, 15) is 9.59 Å². The summed E-state index contributed by atoms with van der Waals surface area (Å²) in [4.78, 5) is 27.3. The molecule has 2 N–H and O–H groups in total. The third kappa shape index (κ3) is 4.72. The third-order valence-corrected chi connectivity index (χ3v) is 5.90. The van der Waals surface area contributed by atoms with Gasteiger partial charge in [-0.25, -0.2) is 0 Å². The van der Waals surface area contributed by atoms with Gasteiger partial charge < -0.3 is 10.2 Å². The van der Waals surface area contributed by atoms with E-state index in [4.69, 9.17) is 0 Å². The highest BCUT2D eigenvalue weighted by Gasteiger charge is 2.21. The first-order valence-electron chi connectivity index (χ1n) is 9.73. The number of rotatable bonds is 7. The Kier molecular flexibility index (Phi) is 6.03. The molecule has 1 saturated heterocycles. The predicted octanol–water partition coefficient (Wildman–Crippen LogP) is 4.19. The van der Waals surface area contributed by atoms with Crippen LogP contribution in [0, 0.1) is 0 Å². The summed E-state index contributed by atoms with van der Waals surface area (Å²) in [6.07, 6.45) is 1.51. The molecule has 4 rings (SSSR count). The van der Waals surface area contributed by atoms with Gasteiger partial charge in [-0.15, -0.1) is 11.3 Å². The number of anilines is 2. The molecule has 6 heteroatoms. The Morgan fingerprint density at radius 2 is 1.83 bits per heavy atom. The summed E-state index contributed by atoms with van der Waals surface area (Å²) in [6, 6.07) is 21.6. The lowest BCUT2D eigenvalue weighted by Crippen LogP contribution is -2.31. The molecule has 0 radical (unpaired) electrons. The summed E-state index contributed by atoms with van der Waals surface area (Å²) in [5.74, 6) is 0.0546.